The molecule has 0 aliphatic heterocycles. The average molecular weight is 599 g/mol. The first kappa shape index (κ1) is 29.7. The lowest BCUT2D eigenvalue weighted by Crippen LogP contribution is -3.00. The molecule has 1 amide bonds. The number of aromatic nitrogens is 2. The summed E-state index contributed by atoms with van der Waals surface area (Å²) in [5.41, 5.74) is 3.89. The molecule has 0 saturated heterocycles. The van der Waals surface area contributed by atoms with Gasteiger partial charge in [0, 0.05) is 34.5 Å². The zero-order valence-corrected chi connectivity index (χ0v) is 24.7. The Kier molecular flexibility index (Phi) is 11.2. The Morgan fingerprint density at radius 1 is 1.03 bits per heavy atom. The number of aryl methyl sites for hydroxylation is 1. The number of unbranched alkanes of at least 4 members (excludes halogenated alkanes) is 1. The highest BCUT2D eigenvalue weighted by Gasteiger charge is 2.29. The number of pyridine rings is 1. The molecule has 1 N–H and O–H groups in total. The highest BCUT2D eigenvalue weighted by atomic mass is 79.9. The van der Waals surface area contributed by atoms with Crippen molar-refractivity contribution in [1.29, 1.82) is 0 Å². The molecule has 0 bridgehead atoms. The van der Waals surface area contributed by atoms with Gasteiger partial charge in [-0.1, -0.05) is 61.9 Å². The minimum absolute atomic E-state index is 0. The molecule has 1 atom stereocenters. The number of esters is 1. The molecule has 38 heavy (non-hydrogen) atoms. The minimum Gasteiger partial charge on any atom is -1.00 e. The van der Waals surface area contributed by atoms with Gasteiger partial charge in [0.15, 0.2) is 12.7 Å². The summed E-state index contributed by atoms with van der Waals surface area (Å²) < 4.78 is 9.62. The number of benzene rings is 2. The van der Waals surface area contributed by atoms with Crippen LogP contribution >= 0.6 is 11.8 Å². The van der Waals surface area contributed by atoms with Gasteiger partial charge in [0.1, 0.15) is 11.6 Å². The molecular weight excluding hydrogens is 562 g/mol. The maximum Gasteiger partial charge on any atom is 0.328 e. The van der Waals surface area contributed by atoms with Gasteiger partial charge in [-0.3, -0.25) is 4.79 Å². The number of carbonyl (C=O) groups excluding carboxylic acids is 2. The summed E-state index contributed by atoms with van der Waals surface area (Å²) in [6, 6.07) is 19.8. The Morgan fingerprint density at radius 3 is 2.47 bits per heavy atom. The molecule has 0 spiro atoms. The van der Waals surface area contributed by atoms with Crippen LogP contribution in [0.4, 0.5) is 0 Å². The van der Waals surface area contributed by atoms with Crippen LogP contribution in [0.15, 0.2) is 66.9 Å². The number of nitrogens with one attached hydrogen (secondary N) is 1. The van der Waals surface area contributed by atoms with Crippen LogP contribution in [0.1, 0.15) is 49.2 Å². The van der Waals surface area contributed by atoms with Crippen LogP contribution in [0.25, 0.3) is 21.8 Å². The van der Waals surface area contributed by atoms with E-state index in [0.717, 1.165) is 47.0 Å². The number of rotatable bonds is 12. The van der Waals surface area contributed by atoms with Crippen LogP contribution in [0, 0.1) is 0 Å². The first-order chi connectivity index (χ1) is 18.1. The van der Waals surface area contributed by atoms with Gasteiger partial charge in [-0.2, -0.15) is 16.3 Å². The van der Waals surface area contributed by atoms with E-state index >= 15 is 0 Å². The van der Waals surface area contributed by atoms with Gasteiger partial charge < -0.3 is 31.6 Å². The summed E-state index contributed by atoms with van der Waals surface area (Å²) in [4.78, 5) is 26.4. The highest BCUT2D eigenvalue weighted by Crippen LogP contribution is 2.29. The molecule has 2 aromatic heterocycles. The number of hydrogen-bond donors (Lipinski definition) is 1. The third-order valence-corrected chi connectivity index (χ3v) is 7.22. The fourth-order valence-corrected chi connectivity index (χ4v) is 5.17. The van der Waals surface area contributed by atoms with Gasteiger partial charge >= 0.3 is 11.9 Å². The molecule has 4 rings (SSSR count). The number of amides is 1. The third-order valence-electron chi connectivity index (χ3n) is 6.57. The van der Waals surface area contributed by atoms with E-state index in [9.17, 15) is 9.59 Å². The van der Waals surface area contributed by atoms with E-state index < -0.39 is 12.0 Å². The Morgan fingerprint density at radius 2 is 1.76 bits per heavy atom. The van der Waals surface area contributed by atoms with Crippen molar-refractivity contribution in [3.05, 3.63) is 78.1 Å². The monoisotopic (exact) mass is 597 g/mol. The smallest absolute Gasteiger partial charge is 0.328 e. The van der Waals surface area contributed by atoms with Crippen molar-refractivity contribution in [1.82, 2.24) is 9.88 Å². The van der Waals surface area contributed by atoms with E-state index in [2.05, 4.69) is 53.3 Å². The van der Waals surface area contributed by atoms with Gasteiger partial charge in [0.2, 0.25) is 0 Å². The molecule has 0 fully saturated rings. The molecule has 1 unspecified atom stereocenters. The zero-order chi connectivity index (χ0) is 26.2. The van der Waals surface area contributed by atoms with E-state index in [4.69, 9.17) is 4.74 Å². The van der Waals surface area contributed by atoms with Crippen LogP contribution in [0.5, 0.6) is 0 Å². The maximum absolute atomic E-state index is 13.7. The van der Waals surface area contributed by atoms with Gasteiger partial charge in [-0.05, 0) is 37.8 Å². The Labute approximate surface area is 239 Å². The quantitative estimate of drug-likeness (QED) is 0.201. The average Bonchev–Trinajstić information content (AvgIpc) is 3.22. The van der Waals surface area contributed by atoms with Crippen LogP contribution in [-0.2, 0) is 22.6 Å². The van der Waals surface area contributed by atoms with E-state index in [1.807, 2.05) is 41.2 Å². The molecule has 202 valence electrons. The Balaban J connectivity index is 0.00000400. The first-order valence-electron chi connectivity index (χ1n) is 13.0. The Bertz CT molecular complexity index is 1370. The van der Waals surface area contributed by atoms with Crippen molar-refractivity contribution in [3.8, 4) is 0 Å². The number of halogens is 1. The first-order valence-corrected chi connectivity index (χ1v) is 14.4. The molecular formula is C30H36BrN3O3S. The van der Waals surface area contributed by atoms with Crippen molar-refractivity contribution in [3.63, 3.8) is 0 Å². The standard InChI is InChI=1S/C30H35N3O3S.BrH/c1-4-6-17-33-26-15-11-10-14-23(26)24-19-27(29(34)31-25(16-18-37-3)30(35)36-5-2)32(21-28(24)33)20-22-12-8-7-9-13-22;/h7-15,19,21,25H,4-6,16-18,20H2,1-3H3;1H. The second-order valence-corrected chi connectivity index (χ2v) is 10.1. The normalized spacial score (nSPS) is 11.8. The minimum atomic E-state index is -0.688. The van der Waals surface area contributed by atoms with Crippen molar-refractivity contribution in [2.45, 2.75) is 52.2 Å². The summed E-state index contributed by atoms with van der Waals surface area (Å²) in [6.07, 6.45) is 6.77. The molecule has 0 saturated carbocycles. The van der Waals surface area contributed by atoms with Crippen LogP contribution in [-0.4, -0.2) is 41.1 Å². The molecule has 0 aliphatic carbocycles. The summed E-state index contributed by atoms with van der Waals surface area (Å²) >= 11 is 1.64. The number of nitrogens with zero attached hydrogens (tertiary/aromatic N) is 2. The molecule has 4 aromatic rings. The van der Waals surface area contributed by atoms with E-state index in [0.29, 0.717) is 18.7 Å². The maximum atomic E-state index is 13.7. The molecule has 2 heterocycles. The summed E-state index contributed by atoms with van der Waals surface area (Å²) in [5, 5.41) is 5.14. The molecule has 2 aromatic carbocycles. The van der Waals surface area contributed by atoms with E-state index in [1.54, 1.807) is 18.7 Å². The largest absolute Gasteiger partial charge is 1.00 e. The predicted molar refractivity (Wildman–Crippen MR) is 151 cm³/mol. The number of thioether (sulfide) groups is 1. The van der Waals surface area contributed by atoms with Crippen LogP contribution in [0.2, 0.25) is 0 Å². The van der Waals surface area contributed by atoms with Gasteiger partial charge in [0.25, 0.3) is 5.69 Å². The summed E-state index contributed by atoms with van der Waals surface area (Å²) in [7, 11) is 0. The molecule has 0 radical (unpaired) electrons. The topological polar surface area (TPSA) is 64.2 Å². The van der Waals surface area contributed by atoms with Gasteiger partial charge in [-0.25, -0.2) is 4.79 Å². The van der Waals surface area contributed by atoms with Crippen LogP contribution in [0.3, 0.4) is 0 Å². The second kappa shape index (κ2) is 14.4. The van der Waals surface area contributed by atoms with Crippen molar-refractivity contribution >= 4 is 45.4 Å². The van der Waals surface area contributed by atoms with Crippen molar-refractivity contribution in [2.75, 3.05) is 18.6 Å². The van der Waals surface area contributed by atoms with Gasteiger partial charge in [0.05, 0.1) is 6.61 Å². The van der Waals surface area contributed by atoms with Crippen molar-refractivity contribution in [2.24, 2.45) is 0 Å². The fraction of sp³-hybridized carbons (Fsp3) is 0.367. The fourth-order valence-electron chi connectivity index (χ4n) is 4.70. The lowest BCUT2D eigenvalue weighted by Gasteiger charge is -2.16. The molecule has 0 aliphatic rings. The lowest BCUT2D eigenvalue weighted by atomic mass is 10.1. The zero-order valence-electron chi connectivity index (χ0n) is 22.3. The SMILES string of the molecule is CCCCn1c2ccccc2c2cc(C(=O)NC(CCSC)C(=O)OCC)[n+](Cc3ccccc3)cc21.[Br-]. The predicted octanol–water partition coefficient (Wildman–Crippen LogP) is 2.35. The summed E-state index contributed by atoms with van der Waals surface area (Å²) in [5.74, 6) is 0.0803. The summed E-state index contributed by atoms with van der Waals surface area (Å²) in [6.45, 7) is 5.72. The number of ether oxygens (including phenoxy) is 1. The van der Waals surface area contributed by atoms with Crippen LogP contribution < -0.4 is 26.9 Å². The highest BCUT2D eigenvalue weighted by molar-refractivity contribution is 7.98. The Hall–Kier alpha value is -2.84. The van der Waals surface area contributed by atoms with Gasteiger partial charge in [-0.15, -0.1) is 0 Å². The number of hydrogen-bond acceptors (Lipinski definition) is 4. The molecule has 6 nitrogen and oxygen atoms in total. The van der Waals surface area contributed by atoms with Crippen molar-refractivity contribution < 1.29 is 35.9 Å². The lowest BCUT2D eigenvalue weighted by molar-refractivity contribution is -0.689. The van der Waals surface area contributed by atoms with E-state index in [-0.39, 0.29) is 29.5 Å². The van der Waals surface area contributed by atoms with E-state index in [1.165, 1.54) is 5.52 Å². The second-order valence-electron chi connectivity index (χ2n) is 9.15. The number of carbonyl (C=O) groups is 2. The molecule has 8 heteroatoms. The number of fused-ring (bicyclic) bond motifs is 3. The third kappa shape index (κ3) is 6.77. The number of para-hydroxylation sites is 1.